The minimum Gasteiger partial charge on any atom is -0.495 e. The summed E-state index contributed by atoms with van der Waals surface area (Å²) in [6.07, 6.45) is 1.48. The Bertz CT molecular complexity index is 1270. The summed E-state index contributed by atoms with van der Waals surface area (Å²) < 4.78 is 12.5. The Balaban J connectivity index is 1.90. The number of rotatable bonds is 6. The Kier molecular flexibility index (Phi) is 6.61. The third-order valence-electron chi connectivity index (χ3n) is 5.33. The Morgan fingerprint density at radius 1 is 1.18 bits per heavy atom. The minimum atomic E-state index is -0.784. The van der Waals surface area contributed by atoms with Crippen molar-refractivity contribution >= 4 is 23.6 Å². The van der Waals surface area contributed by atoms with Crippen molar-refractivity contribution in [3.05, 3.63) is 76.6 Å². The van der Waals surface area contributed by atoms with E-state index in [9.17, 15) is 9.59 Å². The van der Waals surface area contributed by atoms with Crippen molar-refractivity contribution in [1.82, 2.24) is 20.4 Å². The molecule has 9 heteroatoms. The topological polar surface area (TPSA) is 94.5 Å². The molecule has 0 saturated carbocycles. The Morgan fingerprint density at radius 2 is 1.91 bits per heavy atom. The first-order valence-corrected chi connectivity index (χ1v) is 11.1. The molecule has 2 aromatic carbocycles. The van der Waals surface area contributed by atoms with Crippen LogP contribution in [0, 0.1) is 0 Å². The van der Waals surface area contributed by atoms with Crippen LogP contribution in [0.15, 0.2) is 66.0 Å². The van der Waals surface area contributed by atoms with E-state index < -0.39 is 18.0 Å². The van der Waals surface area contributed by atoms with Crippen LogP contribution >= 0.6 is 11.6 Å². The number of allylic oxidation sites excluding steroid dienone is 1. The number of hydrogen-bond acceptors (Lipinski definition) is 5. The second kappa shape index (κ2) is 9.61. The molecule has 1 aliphatic rings. The molecule has 3 aromatic rings. The molecule has 0 radical (unpaired) electrons. The number of para-hydroxylation sites is 1. The van der Waals surface area contributed by atoms with Crippen LogP contribution in [0.5, 0.6) is 5.75 Å². The zero-order valence-corrected chi connectivity index (χ0v) is 20.0. The molecule has 1 unspecified atom stereocenters. The predicted molar refractivity (Wildman–Crippen MR) is 129 cm³/mol. The van der Waals surface area contributed by atoms with Crippen molar-refractivity contribution in [3.63, 3.8) is 0 Å². The van der Waals surface area contributed by atoms with Gasteiger partial charge in [0, 0.05) is 23.0 Å². The van der Waals surface area contributed by atoms with Crippen LogP contribution in [0.4, 0.5) is 4.79 Å². The highest BCUT2D eigenvalue weighted by Crippen LogP contribution is 2.37. The number of urea groups is 1. The van der Waals surface area contributed by atoms with Gasteiger partial charge in [0.1, 0.15) is 5.75 Å². The predicted octanol–water partition coefficient (Wildman–Crippen LogP) is 4.78. The molecule has 4 rings (SSSR count). The minimum absolute atomic E-state index is 0.307. The van der Waals surface area contributed by atoms with Gasteiger partial charge in [0.05, 0.1) is 41.2 Å². The molecule has 0 saturated heterocycles. The normalized spacial score (nSPS) is 15.7. The average Bonchev–Trinajstić information content (AvgIpc) is 3.24. The molecule has 176 valence electrons. The van der Waals surface area contributed by atoms with Crippen LogP contribution in [-0.4, -0.2) is 35.0 Å². The number of hydrogen-bond donors (Lipinski definition) is 2. The zero-order chi connectivity index (χ0) is 24.4. The fourth-order valence-electron chi connectivity index (χ4n) is 3.82. The summed E-state index contributed by atoms with van der Waals surface area (Å²) in [7, 11) is 1.54. The molecule has 0 aliphatic carbocycles. The SMILES string of the molecule is COc1ccc(-c2nn(-c3ccccc3)cc2C2NC(=O)NC(C)=C2C(=O)OC(C)C)cc1Cl. The summed E-state index contributed by atoms with van der Waals surface area (Å²) in [4.78, 5) is 25.5. The van der Waals surface area contributed by atoms with Crippen LogP contribution in [0.2, 0.25) is 5.02 Å². The first kappa shape index (κ1) is 23.4. The first-order valence-electron chi connectivity index (χ1n) is 10.8. The monoisotopic (exact) mass is 480 g/mol. The van der Waals surface area contributed by atoms with E-state index in [-0.39, 0.29) is 6.10 Å². The quantitative estimate of drug-likeness (QED) is 0.495. The third-order valence-corrected chi connectivity index (χ3v) is 5.63. The largest absolute Gasteiger partial charge is 0.495 e. The van der Waals surface area contributed by atoms with Gasteiger partial charge in [0.25, 0.3) is 0 Å². The average molecular weight is 481 g/mol. The number of methoxy groups -OCH3 is 1. The summed E-state index contributed by atoms with van der Waals surface area (Å²) in [5.41, 5.74) is 3.44. The number of esters is 1. The maximum Gasteiger partial charge on any atom is 0.338 e. The van der Waals surface area contributed by atoms with Gasteiger partial charge in [-0.15, -0.1) is 0 Å². The van der Waals surface area contributed by atoms with Crippen molar-refractivity contribution in [3.8, 4) is 22.7 Å². The highest BCUT2D eigenvalue weighted by molar-refractivity contribution is 6.32. The van der Waals surface area contributed by atoms with Crippen molar-refractivity contribution < 1.29 is 19.1 Å². The van der Waals surface area contributed by atoms with Gasteiger partial charge in [0.2, 0.25) is 0 Å². The number of halogens is 1. The number of nitrogens with one attached hydrogen (secondary N) is 2. The van der Waals surface area contributed by atoms with Gasteiger partial charge in [0.15, 0.2) is 0 Å². The van der Waals surface area contributed by atoms with Crippen molar-refractivity contribution in [2.75, 3.05) is 7.11 Å². The summed E-state index contributed by atoms with van der Waals surface area (Å²) in [5, 5.41) is 10.7. The van der Waals surface area contributed by atoms with E-state index in [1.807, 2.05) is 36.4 Å². The standard InChI is InChI=1S/C25H25ClN4O4/c1-14(2)34-24(31)21-15(3)27-25(32)28-23(21)18-13-30(17-8-6-5-7-9-17)29-22(18)16-10-11-20(33-4)19(26)12-16/h5-14,23H,1-4H3,(H2,27,28,32). The molecule has 0 spiro atoms. The van der Waals surface area contributed by atoms with E-state index in [1.54, 1.807) is 50.9 Å². The number of nitrogens with zero attached hydrogens (tertiary/aromatic N) is 2. The number of carbonyl (C=O) groups excluding carboxylic acids is 2. The van der Waals surface area contributed by atoms with Crippen LogP contribution in [0.25, 0.3) is 16.9 Å². The first-order chi connectivity index (χ1) is 16.3. The van der Waals surface area contributed by atoms with E-state index in [1.165, 1.54) is 0 Å². The van der Waals surface area contributed by atoms with Gasteiger partial charge in [-0.2, -0.15) is 5.10 Å². The number of ether oxygens (including phenoxy) is 2. The van der Waals surface area contributed by atoms with Gasteiger partial charge in [-0.05, 0) is 51.1 Å². The Labute approximate surface area is 202 Å². The number of amides is 2. The molecule has 1 atom stereocenters. The third kappa shape index (κ3) is 4.63. The van der Waals surface area contributed by atoms with Crippen molar-refractivity contribution in [2.24, 2.45) is 0 Å². The van der Waals surface area contributed by atoms with Gasteiger partial charge in [-0.1, -0.05) is 29.8 Å². The van der Waals surface area contributed by atoms with E-state index in [0.29, 0.717) is 38.9 Å². The molecule has 0 bridgehead atoms. The highest BCUT2D eigenvalue weighted by Gasteiger charge is 2.35. The molecule has 2 N–H and O–H groups in total. The molecule has 2 heterocycles. The maximum atomic E-state index is 13.0. The second-order valence-electron chi connectivity index (χ2n) is 8.09. The summed E-state index contributed by atoms with van der Waals surface area (Å²) in [5.74, 6) is 0.0118. The number of aromatic nitrogens is 2. The summed E-state index contributed by atoms with van der Waals surface area (Å²) in [6.45, 7) is 5.22. The molecular weight excluding hydrogens is 456 g/mol. The Hall–Kier alpha value is -3.78. The fourth-order valence-corrected chi connectivity index (χ4v) is 4.08. The lowest BCUT2D eigenvalue weighted by Gasteiger charge is -2.28. The summed E-state index contributed by atoms with van der Waals surface area (Å²) >= 11 is 6.40. The van der Waals surface area contributed by atoms with Crippen LogP contribution in [0.1, 0.15) is 32.4 Å². The summed E-state index contributed by atoms with van der Waals surface area (Å²) in [6, 6.07) is 13.7. The smallest absolute Gasteiger partial charge is 0.338 e. The molecule has 2 amide bonds. The molecule has 1 aliphatic heterocycles. The second-order valence-corrected chi connectivity index (χ2v) is 8.49. The molecule has 8 nitrogen and oxygen atoms in total. The lowest BCUT2D eigenvalue weighted by atomic mass is 9.93. The van der Waals surface area contributed by atoms with E-state index in [4.69, 9.17) is 26.2 Å². The highest BCUT2D eigenvalue weighted by atomic mass is 35.5. The zero-order valence-electron chi connectivity index (χ0n) is 19.3. The molecule has 0 fully saturated rings. The fraction of sp³-hybridized carbons (Fsp3) is 0.240. The van der Waals surface area contributed by atoms with Crippen molar-refractivity contribution in [2.45, 2.75) is 32.9 Å². The Morgan fingerprint density at radius 3 is 2.56 bits per heavy atom. The number of benzene rings is 2. The molecular formula is C25H25ClN4O4. The van der Waals surface area contributed by atoms with Crippen molar-refractivity contribution in [1.29, 1.82) is 0 Å². The van der Waals surface area contributed by atoms with Gasteiger partial charge >= 0.3 is 12.0 Å². The lowest BCUT2D eigenvalue weighted by Crippen LogP contribution is -2.45. The van der Waals surface area contributed by atoms with Gasteiger partial charge < -0.3 is 20.1 Å². The van der Waals surface area contributed by atoms with Crippen LogP contribution < -0.4 is 15.4 Å². The van der Waals surface area contributed by atoms with Gasteiger partial charge in [-0.25, -0.2) is 14.3 Å². The van der Waals surface area contributed by atoms with Crippen LogP contribution in [0.3, 0.4) is 0 Å². The lowest BCUT2D eigenvalue weighted by molar-refractivity contribution is -0.143. The van der Waals surface area contributed by atoms with Crippen LogP contribution in [-0.2, 0) is 9.53 Å². The maximum absolute atomic E-state index is 13.0. The van der Waals surface area contributed by atoms with E-state index in [0.717, 1.165) is 5.69 Å². The molecule has 1 aromatic heterocycles. The van der Waals surface area contributed by atoms with E-state index >= 15 is 0 Å². The van der Waals surface area contributed by atoms with Gasteiger partial charge in [-0.3, -0.25) is 0 Å². The number of carbonyl (C=O) groups is 2. The van der Waals surface area contributed by atoms with E-state index in [2.05, 4.69) is 10.6 Å². The molecule has 34 heavy (non-hydrogen) atoms.